The van der Waals surface area contributed by atoms with Crippen LogP contribution in [0, 0.1) is 24.7 Å². The third-order valence-corrected chi connectivity index (χ3v) is 6.05. The summed E-state index contributed by atoms with van der Waals surface area (Å²) in [6, 6.07) is -0.159. The highest BCUT2D eigenvalue weighted by atomic mass is 32.1. The van der Waals surface area contributed by atoms with Crippen LogP contribution < -0.4 is 5.32 Å². The third-order valence-electron chi connectivity index (χ3n) is 5.16. The van der Waals surface area contributed by atoms with Crippen LogP contribution in [0.2, 0.25) is 0 Å². The van der Waals surface area contributed by atoms with Gasteiger partial charge in [0, 0.05) is 5.38 Å². The molecule has 1 aromatic heterocycles. The number of rotatable bonds is 5. The highest BCUT2D eigenvalue weighted by Crippen LogP contribution is 2.37. The number of hydrogen-bond donors (Lipinski definition) is 1. The lowest BCUT2D eigenvalue weighted by Crippen LogP contribution is -2.41. The molecule has 0 bridgehead atoms. The SMILES string of the molecule is Cc1csc(N[C@@H]2CC(=O)O[C@H]2OC2C[C@H](C)CC[C@H]2C(C)C)n1. The summed E-state index contributed by atoms with van der Waals surface area (Å²) in [6.45, 7) is 8.75. The smallest absolute Gasteiger partial charge is 0.310 e. The van der Waals surface area contributed by atoms with Gasteiger partial charge in [0.05, 0.1) is 18.2 Å². The first-order chi connectivity index (χ1) is 11.4. The molecule has 2 heterocycles. The maximum atomic E-state index is 11.8. The van der Waals surface area contributed by atoms with Gasteiger partial charge >= 0.3 is 5.97 Å². The Labute approximate surface area is 148 Å². The standard InChI is InChI=1S/C18H28N2O3S/c1-10(2)13-6-5-11(3)7-15(13)22-17-14(8-16(21)23-17)20-18-19-12(4)9-24-18/h9-11,13-15,17H,5-8H2,1-4H3,(H,19,20)/t11-,13+,14-,15?,17-/m1/s1. The molecule has 0 aromatic carbocycles. The number of cyclic esters (lactones) is 1. The van der Waals surface area contributed by atoms with Crippen molar-refractivity contribution in [1.82, 2.24) is 4.98 Å². The lowest BCUT2D eigenvalue weighted by atomic mass is 9.75. The molecule has 0 spiro atoms. The Morgan fingerprint density at radius 2 is 2.21 bits per heavy atom. The number of aryl methyl sites for hydroxylation is 1. The highest BCUT2D eigenvalue weighted by molar-refractivity contribution is 7.13. The second-order valence-corrected chi connectivity index (χ2v) is 8.47. The average Bonchev–Trinajstić information content (AvgIpc) is 3.05. The zero-order chi connectivity index (χ0) is 17.3. The minimum atomic E-state index is -0.516. The molecule has 0 radical (unpaired) electrons. The van der Waals surface area contributed by atoms with Crippen molar-refractivity contribution in [2.45, 2.75) is 71.8 Å². The molecule has 5 atom stereocenters. The number of nitrogens with zero attached hydrogens (tertiary/aromatic N) is 1. The van der Waals surface area contributed by atoms with Crippen LogP contribution in [0.4, 0.5) is 5.13 Å². The number of aromatic nitrogens is 1. The first kappa shape index (κ1) is 17.7. The van der Waals surface area contributed by atoms with E-state index in [9.17, 15) is 4.79 Å². The molecule has 1 saturated carbocycles. The molecule has 1 aliphatic carbocycles. The van der Waals surface area contributed by atoms with E-state index in [4.69, 9.17) is 9.47 Å². The average molecular weight is 353 g/mol. The van der Waals surface area contributed by atoms with E-state index in [-0.39, 0.29) is 18.1 Å². The molecule has 2 aliphatic rings. The number of carbonyl (C=O) groups is 1. The van der Waals surface area contributed by atoms with Gasteiger partial charge < -0.3 is 14.8 Å². The predicted octanol–water partition coefficient (Wildman–Crippen LogP) is 3.98. The number of nitrogens with one attached hydrogen (secondary N) is 1. The highest BCUT2D eigenvalue weighted by Gasteiger charge is 2.41. The van der Waals surface area contributed by atoms with Gasteiger partial charge in [0.25, 0.3) is 0 Å². The van der Waals surface area contributed by atoms with E-state index in [2.05, 4.69) is 31.1 Å². The zero-order valence-corrected chi connectivity index (χ0v) is 15.8. The van der Waals surface area contributed by atoms with Gasteiger partial charge in [-0.3, -0.25) is 4.79 Å². The molecule has 2 fully saturated rings. The summed E-state index contributed by atoms with van der Waals surface area (Å²) in [4.78, 5) is 16.2. The summed E-state index contributed by atoms with van der Waals surface area (Å²) in [6.07, 6.45) is 3.46. The van der Waals surface area contributed by atoms with Crippen molar-refractivity contribution in [3.63, 3.8) is 0 Å². The van der Waals surface area contributed by atoms with Crippen LogP contribution in [-0.4, -0.2) is 29.4 Å². The predicted molar refractivity (Wildman–Crippen MR) is 95.0 cm³/mol. The number of carbonyl (C=O) groups excluding carboxylic acids is 1. The molecule has 1 aliphatic heterocycles. The van der Waals surface area contributed by atoms with Crippen molar-refractivity contribution in [2.75, 3.05) is 5.32 Å². The minimum absolute atomic E-state index is 0.159. The number of thiazole rings is 1. The number of hydrogen-bond acceptors (Lipinski definition) is 6. The van der Waals surface area contributed by atoms with E-state index in [0.29, 0.717) is 24.2 Å². The van der Waals surface area contributed by atoms with E-state index in [1.54, 1.807) is 11.3 Å². The molecule has 1 saturated heterocycles. The molecule has 0 amide bonds. The van der Waals surface area contributed by atoms with Gasteiger partial charge in [0.2, 0.25) is 6.29 Å². The van der Waals surface area contributed by atoms with Gasteiger partial charge in [-0.05, 0) is 37.5 Å². The summed E-state index contributed by atoms with van der Waals surface area (Å²) in [5, 5.41) is 6.14. The van der Waals surface area contributed by atoms with Crippen molar-refractivity contribution in [2.24, 2.45) is 17.8 Å². The Hall–Kier alpha value is -1.14. The maximum Gasteiger partial charge on any atom is 0.310 e. The maximum absolute atomic E-state index is 11.8. The molecular formula is C18H28N2O3S. The van der Waals surface area contributed by atoms with Gasteiger partial charge in [-0.15, -0.1) is 11.3 Å². The lowest BCUT2D eigenvalue weighted by Gasteiger charge is -2.38. The molecule has 3 rings (SSSR count). The Balaban J connectivity index is 1.67. The summed E-state index contributed by atoms with van der Waals surface area (Å²) in [5.41, 5.74) is 0.978. The Kier molecular flexibility index (Phi) is 5.45. The molecule has 1 aromatic rings. The van der Waals surface area contributed by atoms with Gasteiger partial charge in [0.15, 0.2) is 5.13 Å². The molecule has 134 valence electrons. The third kappa shape index (κ3) is 4.09. The fourth-order valence-corrected chi connectivity index (χ4v) is 4.55. The second-order valence-electron chi connectivity index (χ2n) is 7.61. The van der Waals surface area contributed by atoms with Crippen LogP contribution in [0.25, 0.3) is 0 Å². The van der Waals surface area contributed by atoms with Gasteiger partial charge in [-0.2, -0.15) is 0 Å². The van der Waals surface area contributed by atoms with Crippen LogP contribution in [0.1, 0.15) is 52.1 Å². The number of anilines is 1. The monoisotopic (exact) mass is 352 g/mol. The van der Waals surface area contributed by atoms with Crippen LogP contribution in [0.5, 0.6) is 0 Å². The van der Waals surface area contributed by atoms with Crippen molar-refractivity contribution in [3.05, 3.63) is 11.1 Å². The van der Waals surface area contributed by atoms with E-state index in [1.807, 2.05) is 12.3 Å². The van der Waals surface area contributed by atoms with Crippen molar-refractivity contribution in [1.29, 1.82) is 0 Å². The van der Waals surface area contributed by atoms with E-state index < -0.39 is 6.29 Å². The minimum Gasteiger partial charge on any atom is -0.433 e. The lowest BCUT2D eigenvalue weighted by molar-refractivity contribution is -0.188. The quantitative estimate of drug-likeness (QED) is 0.812. The Bertz CT molecular complexity index is 574. The van der Waals surface area contributed by atoms with E-state index in [0.717, 1.165) is 17.2 Å². The summed E-state index contributed by atoms with van der Waals surface area (Å²) in [7, 11) is 0. The Morgan fingerprint density at radius 3 is 2.88 bits per heavy atom. The summed E-state index contributed by atoms with van der Waals surface area (Å²) in [5.74, 6) is 1.57. The molecule has 5 nitrogen and oxygen atoms in total. The van der Waals surface area contributed by atoms with Crippen LogP contribution in [0.15, 0.2) is 5.38 Å². The first-order valence-corrected chi connectivity index (χ1v) is 9.84. The second kappa shape index (κ2) is 7.40. The largest absolute Gasteiger partial charge is 0.433 e. The first-order valence-electron chi connectivity index (χ1n) is 8.96. The van der Waals surface area contributed by atoms with Crippen molar-refractivity contribution in [3.8, 4) is 0 Å². The fourth-order valence-electron chi connectivity index (χ4n) is 3.80. The van der Waals surface area contributed by atoms with Crippen LogP contribution in [-0.2, 0) is 14.3 Å². The summed E-state index contributed by atoms with van der Waals surface area (Å²) >= 11 is 1.55. The zero-order valence-electron chi connectivity index (χ0n) is 15.0. The molecule has 1 N–H and O–H groups in total. The topological polar surface area (TPSA) is 60.5 Å². The van der Waals surface area contributed by atoms with Gasteiger partial charge in [0.1, 0.15) is 6.04 Å². The van der Waals surface area contributed by atoms with Crippen molar-refractivity contribution >= 4 is 22.4 Å². The summed E-state index contributed by atoms with van der Waals surface area (Å²) < 4.78 is 11.8. The normalized spacial score (nSPS) is 33.7. The van der Waals surface area contributed by atoms with Crippen molar-refractivity contribution < 1.29 is 14.3 Å². The number of esters is 1. The Morgan fingerprint density at radius 1 is 1.42 bits per heavy atom. The van der Waals surface area contributed by atoms with Gasteiger partial charge in [-0.25, -0.2) is 4.98 Å². The number of ether oxygens (including phenoxy) is 2. The van der Waals surface area contributed by atoms with Crippen LogP contribution >= 0.6 is 11.3 Å². The van der Waals surface area contributed by atoms with E-state index in [1.165, 1.54) is 12.8 Å². The molecule has 6 heteroatoms. The van der Waals surface area contributed by atoms with E-state index >= 15 is 0 Å². The molecular weight excluding hydrogens is 324 g/mol. The van der Waals surface area contributed by atoms with Crippen LogP contribution in [0.3, 0.4) is 0 Å². The van der Waals surface area contributed by atoms with Gasteiger partial charge in [-0.1, -0.05) is 27.2 Å². The fraction of sp³-hybridized carbons (Fsp3) is 0.778. The molecule has 1 unspecified atom stereocenters. The molecule has 24 heavy (non-hydrogen) atoms.